The summed E-state index contributed by atoms with van der Waals surface area (Å²) in [5, 5.41) is 0. The average Bonchev–Trinajstić information content (AvgIpc) is 3.10. The molecule has 0 spiro atoms. The zero-order valence-corrected chi connectivity index (χ0v) is 17.2. The molecule has 1 heterocycles. The molecule has 3 aromatic rings. The Labute approximate surface area is 170 Å². The van der Waals surface area contributed by atoms with E-state index in [-0.39, 0.29) is 5.82 Å². The van der Waals surface area contributed by atoms with Gasteiger partial charge in [0.15, 0.2) is 5.58 Å². The maximum Gasteiger partial charge on any atom is 0.417 e. The molecule has 0 amide bonds. The molecular formula is C24H29FN2O2. The predicted molar refractivity (Wildman–Crippen MR) is 114 cm³/mol. The minimum atomic E-state index is -0.393. The Morgan fingerprint density at radius 3 is 2.76 bits per heavy atom. The van der Waals surface area contributed by atoms with Gasteiger partial charge in [0, 0.05) is 6.04 Å². The summed E-state index contributed by atoms with van der Waals surface area (Å²) in [7, 11) is 2.21. The highest BCUT2D eigenvalue weighted by Crippen LogP contribution is 2.35. The molecule has 1 aliphatic carbocycles. The lowest BCUT2D eigenvalue weighted by atomic mass is 9.81. The van der Waals surface area contributed by atoms with Crippen LogP contribution in [0.1, 0.15) is 54.7 Å². The third-order valence-corrected chi connectivity index (χ3v) is 6.57. The van der Waals surface area contributed by atoms with Gasteiger partial charge in [0.05, 0.1) is 5.52 Å². The lowest BCUT2D eigenvalue weighted by Crippen LogP contribution is -2.35. The molecule has 0 bridgehead atoms. The number of H-pyrrole nitrogens is 1. The van der Waals surface area contributed by atoms with E-state index in [1.165, 1.54) is 24.5 Å². The predicted octanol–water partition coefficient (Wildman–Crippen LogP) is 5.16. The van der Waals surface area contributed by atoms with Crippen LogP contribution in [0.15, 0.2) is 45.6 Å². The average molecular weight is 397 g/mol. The first-order chi connectivity index (χ1) is 14.0. The van der Waals surface area contributed by atoms with E-state index in [1.54, 1.807) is 6.07 Å². The van der Waals surface area contributed by atoms with Gasteiger partial charge < -0.3 is 9.32 Å². The molecule has 1 N–H and O–H groups in total. The van der Waals surface area contributed by atoms with Crippen LogP contribution in [-0.2, 0) is 6.42 Å². The Kier molecular flexibility index (Phi) is 5.86. The van der Waals surface area contributed by atoms with E-state index < -0.39 is 5.76 Å². The molecule has 1 fully saturated rings. The molecule has 4 nitrogen and oxygen atoms in total. The summed E-state index contributed by atoms with van der Waals surface area (Å²) in [6.45, 7) is 2.90. The number of nitrogens with zero attached hydrogens (tertiary/aromatic N) is 1. The lowest BCUT2D eigenvalue weighted by Gasteiger charge is -2.35. The summed E-state index contributed by atoms with van der Waals surface area (Å²) in [5.74, 6) is 0.0291. The van der Waals surface area contributed by atoms with Gasteiger partial charge >= 0.3 is 5.76 Å². The molecule has 0 atom stereocenters. The van der Waals surface area contributed by atoms with Crippen LogP contribution in [0, 0.1) is 12.7 Å². The van der Waals surface area contributed by atoms with Crippen LogP contribution in [0.5, 0.6) is 0 Å². The smallest absolute Gasteiger partial charge is 0.408 e. The van der Waals surface area contributed by atoms with Crippen molar-refractivity contribution in [2.45, 2.75) is 57.4 Å². The molecular weight excluding hydrogens is 367 g/mol. The number of hydrogen-bond donors (Lipinski definition) is 1. The van der Waals surface area contributed by atoms with Crippen molar-refractivity contribution < 1.29 is 8.81 Å². The van der Waals surface area contributed by atoms with Gasteiger partial charge in [-0.2, -0.15) is 0 Å². The van der Waals surface area contributed by atoms with Crippen molar-refractivity contribution in [3.8, 4) is 0 Å². The Balaban J connectivity index is 1.28. The summed E-state index contributed by atoms with van der Waals surface area (Å²) < 4.78 is 18.9. The fraction of sp³-hybridized carbons (Fsp3) is 0.458. The Morgan fingerprint density at radius 1 is 1.17 bits per heavy atom. The quantitative estimate of drug-likeness (QED) is 0.626. The lowest BCUT2D eigenvalue weighted by molar-refractivity contribution is 0.181. The monoisotopic (exact) mass is 396 g/mol. The van der Waals surface area contributed by atoms with Crippen molar-refractivity contribution in [1.29, 1.82) is 0 Å². The molecule has 4 rings (SSSR count). The Hall–Kier alpha value is -2.40. The van der Waals surface area contributed by atoms with Crippen molar-refractivity contribution in [2.75, 3.05) is 13.6 Å². The van der Waals surface area contributed by atoms with Crippen molar-refractivity contribution in [2.24, 2.45) is 0 Å². The highest BCUT2D eigenvalue weighted by Gasteiger charge is 2.25. The molecule has 2 aromatic carbocycles. The molecule has 0 radical (unpaired) electrons. The highest BCUT2D eigenvalue weighted by molar-refractivity contribution is 5.72. The van der Waals surface area contributed by atoms with E-state index in [9.17, 15) is 9.18 Å². The van der Waals surface area contributed by atoms with E-state index in [2.05, 4.69) is 23.0 Å². The van der Waals surface area contributed by atoms with Gasteiger partial charge in [0.1, 0.15) is 5.82 Å². The number of benzene rings is 2. The van der Waals surface area contributed by atoms with Crippen LogP contribution in [0.25, 0.3) is 11.1 Å². The normalized spacial score (nSPS) is 19.9. The van der Waals surface area contributed by atoms with Crippen LogP contribution in [-0.4, -0.2) is 29.5 Å². The first-order valence-corrected chi connectivity index (χ1v) is 10.6. The maximum atomic E-state index is 13.7. The number of fused-ring (bicyclic) bond motifs is 1. The van der Waals surface area contributed by atoms with Crippen molar-refractivity contribution in [3.05, 3.63) is 69.5 Å². The number of oxazole rings is 1. The molecule has 1 saturated carbocycles. The Morgan fingerprint density at radius 2 is 1.97 bits per heavy atom. The van der Waals surface area contributed by atoms with Crippen LogP contribution < -0.4 is 5.76 Å². The minimum absolute atomic E-state index is 0.105. The topological polar surface area (TPSA) is 49.2 Å². The SMILES string of the molecule is Cc1c(F)cccc1CCCN(C)C1CCC(c2ccc3[nH]c(=O)oc3c2)CC1. The van der Waals surface area contributed by atoms with Crippen LogP contribution in [0.4, 0.5) is 4.39 Å². The van der Waals surface area contributed by atoms with Gasteiger partial charge in [-0.3, -0.25) is 4.98 Å². The van der Waals surface area contributed by atoms with E-state index in [4.69, 9.17) is 4.42 Å². The zero-order valence-electron chi connectivity index (χ0n) is 17.2. The van der Waals surface area contributed by atoms with Crippen molar-refractivity contribution in [1.82, 2.24) is 9.88 Å². The number of aryl methyl sites for hydroxylation is 1. The number of aromatic nitrogens is 1. The standard InChI is InChI=1S/C24H29FN2O2/c1-16-17(5-3-7-21(16)25)6-4-14-27(2)20-11-8-18(9-12-20)19-10-13-22-23(15-19)29-24(28)26-22/h3,5,7,10,13,15,18,20H,4,6,8-9,11-12,14H2,1-2H3,(H,26,28). The summed E-state index contributed by atoms with van der Waals surface area (Å²) in [4.78, 5) is 16.5. The highest BCUT2D eigenvalue weighted by atomic mass is 19.1. The minimum Gasteiger partial charge on any atom is -0.408 e. The van der Waals surface area contributed by atoms with Gasteiger partial charge in [-0.15, -0.1) is 0 Å². The molecule has 29 heavy (non-hydrogen) atoms. The van der Waals surface area contributed by atoms with Crippen LogP contribution in [0.3, 0.4) is 0 Å². The number of nitrogens with one attached hydrogen (secondary N) is 1. The van der Waals surface area contributed by atoms with Crippen molar-refractivity contribution >= 4 is 11.1 Å². The second kappa shape index (κ2) is 8.54. The molecule has 0 unspecified atom stereocenters. The van der Waals surface area contributed by atoms with Gasteiger partial charge in [0.2, 0.25) is 0 Å². The van der Waals surface area contributed by atoms with Gasteiger partial charge in [-0.25, -0.2) is 9.18 Å². The van der Waals surface area contributed by atoms with Gasteiger partial charge in [0.25, 0.3) is 0 Å². The fourth-order valence-corrected chi connectivity index (χ4v) is 4.69. The van der Waals surface area contributed by atoms with E-state index in [0.29, 0.717) is 17.5 Å². The summed E-state index contributed by atoms with van der Waals surface area (Å²) >= 11 is 0. The number of aromatic amines is 1. The summed E-state index contributed by atoms with van der Waals surface area (Å²) in [5.41, 5.74) is 4.59. The van der Waals surface area contributed by atoms with E-state index >= 15 is 0 Å². The largest absolute Gasteiger partial charge is 0.417 e. The second-order valence-corrected chi connectivity index (χ2v) is 8.38. The first kappa shape index (κ1) is 19.9. The number of hydrogen-bond acceptors (Lipinski definition) is 3. The van der Waals surface area contributed by atoms with Crippen molar-refractivity contribution in [3.63, 3.8) is 0 Å². The molecule has 154 valence electrons. The first-order valence-electron chi connectivity index (χ1n) is 10.6. The number of halogens is 1. The van der Waals surface area contributed by atoms with Crippen LogP contribution >= 0.6 is 0 Å². The second-order valence-electron chi connectivity index (χ2n) is 8.38. The molecule has 1 aromatic heterocycles. The van der Waals surface area contributed by atoms with Gasteiger partial charge in [-0.1, -0.05) is 18.2 Å². The fourth-order valence-electron chi connectivity index (χ4n) is 4.69. The van der Waals surface area contributed by atoms with E-state index in [1.807, 2.05) is 25.1 Å². The van der Waals surface area contributed by atoms with Crippen LogP contribution in [0.2, 0.25) is 0 Å². The summed E-state index contributed by atoms with van der Waals surface area (Å²) in [6.07, 6.45) is 6.62. The third-order valence-electron chi connectivity index (χ3n) is 6.57. The zero-order chi connectivity index (χ0) is 20.4. The molecule has 5 heteroatoms. The number of rotatable bonds is 6. The molecule has 0 aliphatic heterocycles. The van der Waals surface area contributed by atoms with Gasteiger partial charge in [-0.05, 0) is 99.8 Å². The molecule has 0 saturated heterocycles. The maximum absolute atomic E-state index is 13.7. The Bertz CT molecular complexity index is 1030. The third kappa shape index (κ3) is 4.45. The van der Waals surface area contributed by atoms with E-state index in [0.717, 1.165) is 48.9 Å². The molecule has 1 aliphatic rings. The summed E-state index contributed by atoms with van der Waals surface area (Å²) in [6, 6.07) is 12.1.